The van der Waals surface area contributed by atoms with Gasteiger partial charge < -0.3 is 14.0 Å². The van der Waals surface area contributed by atoms with Crippen LogP contribution in [0, 0.1) is 0 Å². The van der Waals surface area contributed by atoms with Crippen molar-refractivity contribution in [1.82, 2.24) is 0 Å². The van der Waals surface area contributed by atoms with E-state index in [1.807, 2.05) is 7.05 Å². The maximum atomic E-state index is 11.1. The summed E-state index contributed by atoms with van der Waals surface area (Å²) in [5, 5.41) is 0. The second-order valence-electron chi connectivity index (χ2n) is 4.36. The van der Waals surface area contributed by atoms with Crippen molar-refractivity contribution in [3.05, 3.63) is 12.2 Å². The molecule has 0 bridgehead atoms. The molecule has 0 amide bonds. The number of esters is 2. The van der Waals surface area contributed by atoms with Crippen LogP contribution in [0.25, 0.3) is 0 Å². The molecule has 0 radical (unpaired) electrons. The molecular weight excluding hydrogens is 210 g/mol. The first-order valence-corrected chi connectivity index (χ1v) is 5.25. The molecule has 16 heavy (non-hydrogen) atoms. The van der Waals surface area contributed by atoms with Gasteiger partial charge in [-0.3, -0.25) is 0 Å². The molecule has 0 aromatic rings. The van der Waals surface area contributed by atoms with Crippen LogP contribution >= 0.6 is 0 Å². The Labute approximate surface area is 95.2 Å². The van der Waals surface area contributed by atoms with Crippen LogP contribution in [0.3, 0.4) is 0 Å². The number of hydrogen-bond acceptors (Lipinski definition) is 4. The number of quaternary nitrogens is 1. The number of carbonyl (C=O) groups is 2. The van der Waals surface area contributed by atoms with Crippen LogP contribution in [-0.2, 0) is 19.1 Å². The molecule has 1 aliphatic rings. The standard InChI is InChI=1S/C11H18NO4/c1-9(2)11(14)16-7-5-12(3)4-6-15-10(13)8-12/h1,4-8H2,2-3H3/q+1. The van der Waals surface area contributed by atoms with Gasteiger partial charge in [-0.1, -0.05) is 6.58 Å². The summed E-state index contributed by atoms with van der Waals surface area (Å²) in [4.78, 5) is 22.3. The van der Waals surface area contributed by atoms with E-state index in [-0.39, 0.29) is 11.9 Å². The van der Waals surface area contributed by atoms with E-state index in [1.54, 1.807) is 6.92 Å². The second kappa shape index (κ2) is 5.12. The zero-order valence-electron chi connectivity index (χ0n) is 9.82. The summed E-state index contributed by atoms with van der Waals surface area (Å²) >= 11 is 0. The molecule has 5 heteroatoms. The number of nitrogens with zero attached hydrogens (tertiary/aromatic N) is 1. The Morgan fingerprint density at radius 2 is 2.31 bits per heavy atom. The van der Waals surface area contributed by atoms with Crippen molar-refractivity contribution in [2.75, 3.05) is 39.9 Å². The Morgan fingerprint density at radius 1 is 1.62 bits per heavy atom. The van der Waals surface area contributed by atoms with Crippen LogP contribution in [-0.4, -0.2) is 56.3 Å². The predicted octanol–water partition coefficient (Wildman–Crippen LogP) is 0.109. The van der Waals surface area contributed by atoms with Gasteiger partial charge in [-0.2, -0.15) is 0 Å². The molecule has 1 atom stereocenters. The van der Waals surface area contributed by atoms with Crippen molar-refractivity contribution >= 4 is 11.9 Å². The Bertz CT molecular complexity index is 313. The lowest BCUT2D eigenvalue weighted by atomic mass is 10.3. The van der Waals surface area contributed by atoms with Gasteiger partial charge in [-0.15, -0.1) is 0 Å². The zero-order chi connectivity index (χ0) is 12.2. The van der Waals surface area contributed by atoms with E-state index < -0.39 is 0 Å². The number of carbonyl (C=O) groups excluding carboxylic acids is 2. The maximum Gasteiger partial charge on any atom is 0.361 e. The number of ether oxygens (including phenoxy) is 2. The molecule has 1 saturated heterocycles. The van der Waals surface area contributed by atoms with E-state index in [9.17, 15) is 9.59 Å². The van der Waals surface area contributed by atoms with Crippen LogP contribution in [0.15, 0.2) is 12.2 Å². The van der Waals surface area contributed by atoms with Gasteiger partial charge in [0.2, 0.25) is 0 Å². The molecule has 1 rings (SSSR count). The van der Waals surface area contributed by atoms with Gasteiger partial charge in [-0.25, -0.2) is 9.59 Å². The summed E-state index contributed by atoms with van der Waals surface area (Å²) in [5.74, 6) is -0.578. The first kappa shape index (κ1) is 12.7. The molecule has 1 unspecified atom stereocenters. The highest BCUT2D eigenvalue weighted by atomic mass is 16.5. The lowest BCUT2D eigenvalue weighted by Crippen LogP contribution is -2.55. The van der Waals surface area contributed by atoms with Gasteiger partial charge in [0.1, 0.15) is 26.3 Å². The third kappa shape index (κ3) is 3.66. The number of likely N-dealkylation sites (N-methyl/N-ethyl adjacent to an activating group) is 1. The molecule has 90 valence electrons. The summed E-state index contributed by atoms with van der Waals surface area (Å²) in [6, 6.07) is 0. The third-order valence-corrected chi connectivity index (χ3v) is 2.62. The molecule has 0 saturated carbocycles. The smallest absolute Gasteiger partial charge is 0.361 e. The maximum absolute atomic E-state index is 11.1. The molecule has 1 heterocycles. The van der Waals surface area contributed by atoms with Crippen molar-refractivity contribution < 1.29 is 23.5 Å². The molecule has 0 aromatic carbocycles. The van der Waals surface area contributed by atoms with E-state index in [4.69, 9.17) is 9.47 Å². The number of cyclic esters (lactones) is 1. The van der Waals surface area contributed by atoms with Crippen LogP contribution in [0.1, 0.15) is 6.92 Å². The highest BCUT2D eigenvalue weighted by Gasteiger charge is 2.31. The van der Waals surface area contributed by atoms with Gasteiger partial charge in [0.25, 0.3) is 0 Å². The molecule has 1 aliphatic heterocycles. The minimum atomic E-state index is -0.383. The van der Waals surface area contributed by atoms with E-state index in [1.165, 1.54) is 0 Å². The van der Waals surface area contributed by atoms with Gasteiger partial charge in [-0.05, 0) is 6.92 Å². The van der Waals surface area contributed by atoms with E-state index >= 15 is 0 Å². The molecule has 5 nitrogen and oxygen atoms in total. The minimum Gasteiger partial charge on any atom is -0.456 e. The average molecular weight is 228 g/mol. The lowest BCUT2D eigenvalue weighted by molar-refractivity contribution is -0.907. The van der Waals surface area contributed by atoms with Crippen molar-refractivity contribution in [2.45, 2.75) is 6.92 Å². The van der Waals surface area contributed by atoms with E-state index in [2.05, 4.69) is 6.58 Å². The predicted molar refractivity (Wildman–Crippen MR) is 57.5 cm³/mol. The molecule has 0 aromatic heterocycles. The first-order valence-electron chi connectivity index (χ1n) is 5.25. The summed E-state index contributed by atoms with van der Waals surface area (Å²) < 4.78 is 10.4. The Kier molecular flexibility index (Phi) is 4.06. The Hall–Kier alpha value is -1.36. The van der Waals surface area contributed by atoms with Crippen molar-refractivity contribution in [3.8, 4) is 0 Å². The van der Waals surface area contributed by atoms with Gasteiger partial charge >= 0.3 is 11.9 Å². The summed E-state index contributed by atoms with van der Waals surface area (Å²) in [6.07, 6.45) is 0. The Balaban J connectivity index is 2.33. The third-order valence-electron chi connectivity index (χ3n) is 2.62. The van der Waals surface area contributed by atoms with Crippen LogP contribution in [0.2, 0.25) is 0 Å². The van der Waals surface area contributed by atoms with E-state index in [0.717, 1.165) is 6.54 Å². The van der Waals surface area contributed by atoms with Crippen molar-refractivity contribution in [1.29, 1.82) is 0 Å². The van der Waals surface area contributed by atoms with Crippen molar-refractivity contribution in [3.63, 3.8) is 0 Å². The molecule has 1 fully saturated rings. The first-order chi connectivity index (χ1) is 7.43. The fourth-order valence-corrected chi connectivity index (χ4v) is 1.49. The highest BCUT2D eigenvalue weighted by molar-refractivity contribution is 5.86. The van der Waals surface area contributed by atoms with Crippen LogP contribution < -0.4 is 0 Å². The molecule has 0 spiro atoms. The van der Waals surface area contributed by atoms with Gasteiger partial charge in [0.15, 0.2) is 6.54 Å². The summed E-state index contributed by atoms with van der Waals surface area (Å²) in [5.41, 5.74) is 0.390. The largest absolute Gasteiger partial charge is 0.456 e. The fourth-order valence-electron chi connectivity index (χ4n) is 1.49. The number of morpholine rings is 1. The Morgan fingerprint density at radius 3 is 2.88 bits per heavy atom. The number of rotatable bonds is 4. The molecular formula is C11H18NO4+. The number of hydrogen-bond donors (Lipinski definition) is 0. The van der Waals surface area contributed by atoms with Crippen LogP contribution in [0.4, 0.5) is 0 Å². The normalized spacial score (nSPS) is 24.8. The zero-order valence-corrected chi connectivity index (χ0v) is 9.82. The summed E-state index contributed by atoms with van der Waals surface area (Å²) in [7, 11) is 1.95. The SMILES string of the molecule is C=C(C)C(=O)OCC[N+]1(C)CCOC(=O)C1. The quantitative estimate of drug-likeness (QED) is 0.389. The topological polar surface area (TPSA) is 52.6 Å². The molecule has 0 aliphatic carbocycles. The molecule has 0 N–H and O–H groups in total. The van der Waals surface area contributed by atoms with E-state index in [0.29, 0.717) is 36.4 Å². The monoisotopic (exact) mass is 228 g/mol. The highest BCUT2D eigenvalue weighted by Crippen LogP contribution is 2.08. The van der Waals surface area contributed by atoms with Crippen LogP contribution in [0.5, 0.6) is 0 Å². The minimum absolute atomic E-state index is 0.194. The fraction of sp³-hybridized carbons (Fsp3) is 0.636. The second-order valence-corrected chi connectivity index (χ2v) is 4.36. The lowest BCUT2D eigenvalue weighted by Gasteiger charge is -2.35. The van der Waals surface area contributed by atoms with Gasteiger partial charge in [0.05, 0.1) is 7.05 Å². The van der Waals surface area contributed by atoms with Gasteiger partial charge in [0, 0.05) is 5.57 Å². The summed E-state index contributed by atoms with van der Waals surface area (Å²) in [6.45, 7) is 7.56. The average Bonchev–Trinajstić information content (AvgIpc) is 2.16. The van der Waals surface area contributed by atoms with Crippen molar-refractivity contribution in [2.24, 2.45) is 0 Å².